The average Bonchev–Trinajstić information content (AvgIpc) is 2.79. The minimum absolute atomic E-state index is 0.113. The molecule has 1 aromatic heterocycles. The lowest BCUT2D eigenvalue weighted by Crippen LogP contribution is -2.05. The van der Waals surface area contributed by atoms with Gasteiger partial charge in [-0.15, -0.1) is 5.10 Å². The second-order valence-corrected chi connectivity index (χ2v) is 4.16. The molecule has 0 saturated heterocycles. The summed E-state index contributed by atoms with van der Waals surface area (Å²) in [5.41, 5.74) is 3.54. The summed E-state index contributed by atoms with van der Waals surface area (Å²) in [5.74, 6) is 0. The molecule has 96 valence electrons. The Kier molecular flexibility index (Phi) is 4.07. The number of rotatable bonds is 5. The first kappa shape index (κ1) is 12.7. The van der Waals surface area contributed by atoms with Gasteiger partial charge in [-0.3, -0.25) is 0 Å². The summed E-state index contributed by atoms with van der Waals surface area (Å²) in [6.45, 7) is 2.58. The number of hydrogen-bond acceptors (Lipinski definition) is 4. The summed E-state index contributed by atoms with van der Waals surface area (Å²) in [5, 5.41) is 26.3. The van der Waals surface area contributed by atoms with Gasteiger partial charge in [-0.1, -0.05) is 29.5 Å². The molecule has 1 heterocycles. The third-order valence-electron chi connectivity index (χ3n) is 2.88. The van der Waals surface area contributed by atoms with E-state index in [9.17, 15) is 5.11 Å². The van der Waals surface area contributed by atoms with Crippen molar-refractivity contribution in [2.45, 2.75) is 26.5 Å². The Balaban J connectivity index is 2.47. The van der Waals surface area contributed by atoms with E-state index >= 15 is 0 Å². The molecule has 0 radical (unpaired) electrons. The van der Waals surface area contributed by atoms with E-state index in [1.165, 1.54) is 0 Å². The van der Waals surface area contributed by atoms with Crippen LogP contribution in [-0.4, -0.2) is 31.8 Å². The van der Waals surface area contributed by atoms with Gasteiger partial charge in [-0.25, -0.2) is 4.68 Å². The summed E-state index contributed by atoms with van der Waals surface area (Å²) in [4.78, 5) is 0. The number of nitrogens with zero attached hydrogens (tertiary/aromatic N) is 3. The summed E-state index contributed by atoms with van der Waals surface area (Å²) >= 11 is 0. The highest BCUT2D eigenvalue weighted by molar-refractivity contribution is 5.65. The van der Waals surface area contributed by atoms with Gasteiger partial charge < -0.3 is 10.2 Å². The van der Waals surface area contributed by atoms with E-state index in [1.807, 2.05) is 31.2 Å². The molecule has 5 nitrogen and oxygen atoms in total. The SMILES string of the molecule is Cc1ccccc1-c1c(CO)nnn1CCCO. The van der Waals surface area contributed by atoms with Crippen LogP contribution in [0.2, 0.25) is 0 Å². The Labute approximate surface area is 106 Å². The second kappa shape index (κ2) is 5.75. The van der Waals surface area contributed by atoms with E-state index in [0.29, 0.717) is 18.7 Å². The molecule has 0 bridgehead atoms. The standard InChI is InChI=1S/C13H17N3O2/c1-10-5-2-3-6-11(10)13-12(9-18)14-15-16(13)7-4-8-17/h2-3,5-6,17-18H,4,7-9H2,1H3. The van der Waals surface area contributed by atoms with E-state index in [2.05, 4.69) is 10.3 Å². The normalized spacial score (nSPS) is 10.8. The maximum atomic E-state index is 9.34. The van der Waals surface area contributed by atoms with Crippen LogP contribution in [0.4, 0.5) is 0 Å². The number of aliphatic hydroxyl groups excluding tert-OH is 2. The third kappa shape index (κ3) is 2.42. The van der Waals surface area contributed by atoms with Gasteiger partial charge in [0.1, 0.15) is 5.69 Å². The predicted molar refractivity (Wildman–Crippen MR) is 67.8 cm³/mol. The van der Waals surface area contributed by atoms with E-state index in [-0.39, 0.29) is 13.2 Å². The summed E-state index contributed by atoms with van der Waals surface area (Å²) in [6.07, 6.45) is 0.618. The zero-order valence-corrected chi connectivity index (χ0v) is 10.4. The smallest absolute Gasteiger partial charge is 0.116 e. The van der Waals surface area contributed by atoms with Gasteiger partial charge in [-0.05, 0) is 18.9 Å². The van der Waals surface area contributed by atoms with Crippen molar-refractivity contribution in [3.05, 3.63) is 35.5 Å². The quantitative estimate of drug-likeness (QED) is 0.830. The van der Waals surface area contributed by atoms with Crippen LogP contribution in [0.5, 0.6) is 0 Å². The molecule has 5 heteroatoms. The van der Waals surface area contributed by atoms with Crippen LogP contribution >= 0.6 is 0 Å². The zero-order valence-electron chi connectivity index (χ0n) is 10.4. The van der Waals surface area contributed by atoms with Crippen LogP contribution in [0.3, 0.4) is 0 Å². The molecule has 0 aliphatic rings. The Morgan fingerprint density at radius 3 is 2.67 bits per heavy atom. The lowest BCUT2D eigenvalue weighted by atomic mass is 10.0. The van der Waals surface area contributed by atoms with Gasteiger partial charge in [0.2, 0.25) is 0 Å². The van der Waals surface area contributed by atoms with Crippen molar-refractivity contribution in [3.8, 4) is 11.3 Å². The average molecular weight is 247 g/mol. The molecular formula is C13H17N3O2. The highest BCUT2D eigenvalue weighted by atomic mass is 16.3. The molecule has 0 aliphatic heterocycles. The molecule has 0 aliphatic carbocycles. The van der Waals surface area contributed by atoms with Crippen molar-refractivity contribution in [2.75, 3.05) is 6.61 Å². The van der Waals surface area contributed by atoms with Crippen molar-refractivity contribution in [3.63, 3.8) is 0 Å². The molecule has 1 aromatic carbocycles. The number of aromatic nitrogens is 3. The monoisotopic (exact) mass is 247 g/mol. The van der Waals surface area contributed by atoms with Crippen molar-refractivity contribution in [1.29, 1.82) is 0 Å². The number of aryl methyl sites for hydroxylation is 2. The Morgan fingerprint density at radius 1 is 1.22 bits per heavy atom. The molecular weight excluding hydrogens is 230 g/mol. The first-order chi connectivity index (χ1) is 8.77. The van der Waals surface area contributed by atoms with Gasteiger partial charge >= 0.3 is 0 Å². The molecule has 2 rings (SSSR count). The molecule has 0 fully saturated rings. The Morgan fingerprint density at radius 2 is 2.00 bits per heavy atom. The number of hydrogen-bond donors (Lipinski definition) is 2. The van der Waals surface area contributed by atoms with Gasteiger partial charge in [0.25, 0.3) is 0 Å². The first-order valence-corrected chi connectivity index (χ1v) is 5.98. The van der Waals surface area contributed by atoms with E-state index in [1.54, 1.807) is 4.68 Å². The number of benzene rings is 1. The molecule has 0 unspecified atom stereocenters. The van der Waals surface area contributed by atoms with Crippen LogP contribution in [0.25, 0.3) is 11.3 Å². The maximum Gasteiger partial charge on any atom is 0.116 e. The van der Waals surface area contributed by atoms with Crippen molar-refractivity contribution >= 4 is 0 Å². The molecule has 0 saturated carbocycles. The lowest BCUT2D eigenvalue weighted by molar-refractivity contribution is 0.276. The van der Waals surface area contributed by atoms with Gasteiger partial charge in [0, 0.05) is 18.7 Å². The van der Waals surface area contributed by atoms with Crippen LogP contribution in [0, 0.1) is 6.92 Å². The highest BCUT2D eigenvalue weighted by Crippen LogP contribution is 2.25. The second-order valence-electron chi connectivity index (χ2n) is 4.16. The fraction of sp³-hybridized carbons (Fsp3) is 0.385. The lowest BCUT2D eigenvalue weighted by Gasteiger charge is -2.09. The van der Waals surface area contributed by atoms with Gasteiger partial charge in [0.15, 0.2) is 0 Å². The van der Waals surface area contributed by atoms with Crippen molar-refractivity contribution in [2.24, 2.45) is 0 Å². The van der Waals surface area contributed by atoms with E-state index in [4.69, 9.17) is 5.11 Å². The molecule has 18 heavy (non-hydrogen) atoms. The number of aliphatic hydroxyl groups is 2. The fourth-order valence-electron chi connectivity index (χ4n) is 1.97. The first-order valence-electron chi connectivity index (χ1n) is 5.98. The summed E-state index contributed by atoms with van der Waals surface area (Å²) in [6, 6.07) is 7.93. The van der Waals surface area contributed by atoms with Gasteiger partial charge in [-0.2, -0.15) is 0 Å². The maximum absolute atomic E-state index is 9.34. The molecule has 2 aromatic rings. The van der Waals surface area contributed by atoms with Crippen molar-refractivity contribution in [1.82, 2.24) is 15.0 Å². The highest BCUT2D eigenvalue weighted by Gasteiger charge is 2.15. The van der Waals surface area contributed by atoms with Crippen LogP contribution < -0.4 is 0 Å². The zero-order chi connectivity index (χ0) is 13.0. The van der Waals surface area contributed by atoms with E-state index < -0.39 is 0 Å². The fourth-order valence-corrected chi connectivity index (χ4v) is 1.97. The van der Waals surface area contributed by atoms with Crippen LogP contribution in [-0.2, 0) is 13.2 Å². The Bertz CT molecular complexity index is 523. The van der Waals surface area contributed by atoms with Crippen LogP contribution in [0.15, 0.2) is 24.3 Å². The van der Waals surface area contributed by atoms with Gasteiger partial charge in [0.05, 0.1) is 12.3 Å². The molecule has 2 N–H and O–H groups in total. The predicted octanol–water partition coefficient (Wildman–Crippen LogP) is 1.13. The van der Waals surface area contributed by atoms with E-state index in [0.717, 1.165) is 16.8 Å². The Hall–Kier alpha value is -1.72. The van der Waals surface area contributed by atoms with Crippen molar-refractivity contribution < 1.29 is 10.2 Å². The summed E-state index contributed by atoms with van der Waals surface area (Å²) in [7, 11) is 0. The largest absolute Gasteiger partial charge is 0.396 e. The molecule has 0 spiro atoms. The topological polar surface area (TPSA) is 71.2 Å². The minimum Gasteiger partial charge on any atom is -0.396 e. The minimum atomic E-state index is -0.136. The summed E-state index contributed by atoms with van der Waals surface area (Å²) < 4.78 is 1.74. The molecule has 0 amide bonds. The third-order valence-corrected chi connectivity index (χ3v) is 2.88. The van der Waals surface area contributed by atoms with Crippen LogP contribution in [0.1, 0.15) is 17.7 Å². The molecule has 0 atom stereocenters.